The lowest BCUT2D eigenvalue weighted by Crippen LogP contribution is -2.49. The van der Waals surface area contributed by atoms with Gasteiger partial charge in [0.05, 0.1) is 5.56 Å². The van der Waals surface area contributed by atoms with Crippen LogP contribution >= 0.6 is 0 Å². The van der Waals surface area contributed by atoms with Gasteiger partial charge in [0.1, 0.15) is 5.82 Å². The zero-order chi connectivity index (χ0) is 15.5. The van der Waals surface area contributed by atoms with E-state index in [2.05, 4.69) is 26.1 Å². The first-order valence-corrected chi connectivity index (χ1v) is 7.64. The number of hydrogen-bond acceptors (Lipinski definition) is 2. The quantitative estimate of drug-likeness (QED) is 0.928. The molecule has 1 amide bonds. The van der Waals surface area contributed by atoms with Crippen LogP contribution in [-0.2, 0) is 0 Å². The standard InChI is InChI=1S/C17H25FN2O/c1-17(2,3)12-19-13-7-6-10-20(11-13)16(21)14-8-4-5-9-15(14)18/h4-5,8-9,13,19H,6-7,10-12H2,1-3H3. The number of carbonyl (C=O) groups excluding carboxylic acids is 1. The second-order valence-electron chi connectivity index (χ2n) is 7.01. The zero-order valence-electron chi connectivity index (χ0n) is 13.2. The maximum Gasteiger partial charge on any atom is 0.256 e. The van der Waals surface area contributed by atoms with Crippen molar-refractivity contribution in [2.75, 3.05) is 19.6 Å². The molecular formula is C17H25FN2O. The molecule has 116 valence electrons. The normalized spacial score (nSPS) is 19.6. The van der Waals surface area contributed by atoms with E-state index in [4.69, 9.17) is 0 Å². The van der Waals surface area contributed by atoms with Crippen molar-refractivity contribution in [3.8, 4) is 0 Å². The Hall–Kier alpha value is -1.42. The molecule has 4 heteroatoms. The number of rotatable bonds is 3. The lowest BCUT2D eigenvalue weighted by molar-refractivity contribution is 0.0686. The predicted molar refractivity (Wildman–Crippen MR) is 82.8 cm³/mol. The average molecular weight is 292 g/mol. The predicted octanol–water partition coefficient (Wildman–Crippen LogP) is 3.07. The van der Waals surface area contributed by atoms with Gasteiger partial charge in [-0.1, -0.05) is 32.9 Å². The van der Waals surface area contributed by atoms with Gasteiger partial charge in [-0.25, -0.2) is 4.39 Å². The van der Waals surface area contributed by atoms with Crippen LogP contribution in [0.15, 0.2) is 24.3 Å². The molecule has 1 aliphatic rings. The van der Waals surface area contributed by atoms with Crippen molar-refractivity contribution in [2.45, 2.75) is 39.7 Å². The largest absolute Gasteiger partial charge is 0.337 e. The Morgan fingerprint density at radius 2 is 2.10 bits per heavy atom. The summed E-state index contributed by atoms with van der Waals surface area (Å²) in [4.78, 5) is 14.2. The molecule has 21 heavy (non-hydrogen) atoms. The third kappa shape index (κ3) is 4.53. The number of piperidine rings is 1. The molecule has 0 spiro atoms. The Morgan fingerprint density at radius 3 is 2.76 bits per heavy atom. The molecular weight excluding hydrogens is 267 g/mol. The smallest absolute Gasteiger partial charge is 0.256 e. The fourth-order valence-electron chi connectivity index (χ4n) is 2.58. The number of benzene rings is 1. The van der Waals surface area contributed by atoms with Crippen molar-refractivity contribution in [2.24, 2.45) is 5.41 Å². The highest BCUT2D eigenvalue weighted by molar-refractivity contribution is 5.94. The van der Waals surface area contributed by atoms with Gasteiger partial charge in [-0.3, -0.25) is 4.79 Å². The van der Waals surface area contributed by atoms with Gasteiger partial charge >= 0.3 is 0 Å². The summed E-state index contributed by atoms with van der Waals surface area (Å²) >= 11 is 0. The van der Waals surface area contributed by atoms with Crippen LogP contribution < -0.4 is 5.32 Å². The summed E-state index contributed by atoms with van der Waals surface area (Å²) in [6.45, 7) is 8.84. The van der Waals surface area contributed by atoms with Crippen LogP contribution in [0.3, 0.4) is 0 Å². The van der Waals surface area contributed by atoms with Crippen LogP contribution in [0.25, 0.3) is 0 Å². The van der Waals surface area contributed by atoms with Gasteiger partial charge in [-0.05, 0) is 30.4 Å². The summed E-state index contributed by atoms with van der Waals surface area (Å²) in [5, 5.41) is 3.52. The molecule has 1 unspecified atom stereocenters. The molecule has 1 fully saturated rings. The molecule has 0 radical (unpaired) electrons. The lowest BCUT2D eigenvalue weighted by Gasteiger charge is -2.35. The van der Waals surface area contributed by atoms with E-state index in [0.717, 1.165) is 19.4 Å². The number of likely N-dealkylation sites (tertiary alicyclic amines) is 1. The molecule has 3 nitrogen and oxygen atoms in total. The van der Waals surface area contributed by atoms with Gasteiger partial charge in [0.25, 0.3) is 5.91 Å². The summed E-state index contributed by atoms with van der Waals surface area (Å²) in [6.07, 6.45) is 2.03. The first-order valence-electron chi connectivity index (χ1n) is 7.64. The third-order valence-corrected chi connectivity index (χ3v) is 3.73. The molecule has 2 rings (SSSR count). The topological polar surface area (TPSA) is 32.3 Å². The highest BCUT2D eigenvalue weighted by Crippen LogP contribution is 2.17. The Balaban J connectivity index is 1.98. The second-order valence-corrected chi connectivity index (χ2v) is 7.01. The number of nitrogens with one attached hydrogen (secondary N) is 1. The molecule has 0 saturated carbocycles. The molecule has 0 bridgehead atoms. The number of carbonyl (C=O) groups is 1. The molecule has 1 N–H and O–H groups in total. The summed E-state index contributed by atoms with van der Waals surface area (Å²) in [7, 11) is 0. The van der Waals surface area contributed by atoms with Crippen LogP contribution in [0.1, 0.15) is 44.0 Å². The van der Waals surface area contributed by atoms with E-state index in [0.29, 0.717) is 19.1 Å². The lowest BCUT2D eigenvalue weighted by atomic mass is 9.95. The minimum atomic E-state index is -0.438. The number of hydrogen-bond donors (Lipinski definition) is 1. The summed E-state index contributed by atoms with van der Waals surface area (Å²) in [6, 6.07) is 6.51. The monoisotopic (exact) mass is 292 g/mol. The number of halogens is 1. The van der Waals surface area contributed by atoms with Crippen molar-refractivity contribution in [3.05, 3.63) is 35.6 Å². The van der Waals surface area contributed by atoms with Gasteiger partial charge in [0.2, 0.25) is 0 Å². The van der Waals surface area contributed by atoms with Crippen molar-refractivity contribution < 1.29 is 9.18 Å². The highest BCUT2D eigenvalue weighted by atomic mass is 19.1. The fraction of sp³-hybridized carbons (Fsp3) is 0.588. The van der Waals surface area contributed by atoms with E-state index in [-0.39, 0.29) is 16.9 Å². The second kappa shape index (κ2) is 6.56. The minimum absolute atomic E-state index is 0.175. The van der Waals surface area contributed by atoms with Crippen LogP contribution in [-0.4, -0.2) is 36.5 Å². The zero-order valence-corrected chi connectivity index (χ0v) is 13.2. The van der Waals surface area contributed by atoms with Gasteiger partial charge in [-0.15, -0.1) is 0 Å². The van der Waals surface area contributed by atoms with Crippen molar-refractivity contribution in [1.29, 1.82) is 0 Å². The summed E-state index contributed by atoms with van der Waals surface area (Å²) < 4.78 is 13.7. The first-order chi connectivity index (χ1) is 9.87. The Morgan fingerprint density at radius 1 is 1.38 bits per heavy atom. The maximum atomic E-state index is 13.7. The molecule has 1 aromatic carbocycles. The van der Waals surface area contributed by atoms with E-state index in [1.807, 2.05) is 0 Å². The fourth-order valence-corrected chi connectivity index (χ4v) is 2.58. The van der Waals surface area contributed by atoms with Gasteiger partial charge in [0.15, 0.2) is 0 Å². The van der Waals surface area contributed by atoms with E-state index in [9.17, 15) is 9.18 Å². The average Bonchev–Trinajstić information content (AvgIpc) is 2.44. The molecule has 1 saturated heterocycles. The van der Waals surface area contributed by atoms with Crippen molar-refractivity contribution in [3.63, 3.8) is 0 Å². The van der Waals surface area contributed by atoms with Gasteiger partial charge in [-0.2, -0.15) is 0 Å². The third-order valence-electron chi connectivity index (χ3n) is 3.73. The Bertz CT molecular complexity index is 496. The van der Waals surface area contributed by atoms with Crippen molar-refractivity contribution >= 4 is 5.91 Å². The summed E-state index contributed by atoms with van der Waals surface area (Å²) in [5.74, 6) is -0.636. The SMILES string of the molecule is CC(C)(C)CNC1CCCN(C(=O)c2ccccc2F)C1. The van der Waals surface area contributed by atoms with E-state index >= 15 is 0 Å². The van der Waals surface area contributed by atoms with Crippen molar-refractivity contribution in [1.82, 2.24) is 10.2 Å². The highest BCUT2D eigenvalue weighted by Gasteiger charge is 2.26. The van der Waals surface area contributed by atoms with E-state index in [1.165, 1.54) is 6.07 Å². The molecule has 1 heterocycles. The molecule has 1 aliphatic heterocycles. The molecule has 1 aromatic rings. The van der Waals surface area contributed by atoms with Crippen LogP contribution in [0.2, 0.25) is 0 Å². The van der Waals surface area contributed by atoms with E-state index in [1.54, 1.807) is 23.1 Å². The van der Waals surface area contributed by atoms with Crippen LogP contribution in [0.4, 0.5) is 4.39 Å². The van der Waals surface area contributed by atoms with Crippen LogP contribution in [0.5, 0.6) is 0 Å². The molecule has 0 aliphatic carbocycles. The first kappa shape index (κ1) is 16.0. The molecule has 1 atom stereocenters. The van der Waals surface area contributed by atoms with Gasteiger partial charge < -0.3 is 10.2 Å². The Kier molecular flexibility index (Phi) is 4.99. The number of amides is 1. The maximum absolute atomic E-state index is 13.7. The number of nitrogens with zero attached hydrogens (tertiary/aromatic N) is 1. The summed E-state index contributed by atoms with van der Waals surface area (Å²) in [5.41, 5.74) is 0.395. The van der Waals surface area contributed by atoms with Gasteiger partial charge in [0, 0.05) is 25.7 Å². The van der Waals surface area contributed by atoms with E-state index < -0.39 is 5.82 Å². The molecule has 0 aromatic heterocycles. The minimum Gasteiger partial charge on any atom is -0.337 e. The Labute approximate surface area is 126 Å². The van der Waals surface area contributed by atoms with Crippen LogP contribution in [0, 0.1) is 11.2 Å².